The highest BCUT2D eigenvalue weighted by Crippen LogP contribution is 2.39. The third kappa shape index (κ3) is 10.5. The topological polar surface area (TPSA) is 0 Å². The van der Waals surface area contributed by atoms with Crippen LogP contribution in [-0.4, -0.2) is 32.3 Å². The summed E-state index contributed by atoms with van der Waals surface area (Å²) in [4.78, 5) is 0. The third-order valence-electron chi connectivity index (χ3n) is 2.97. The van der Waals surface area contributed by atoms with Crippen LogP contribution in [0.15, 0.2) is 0 Å². The first-order chi connectivity index (χ1) is 7.12. The molecule has 0 amide bonds. The van der Waals surface area contributed by atoms with Crippen LogP contribution >= 0.6 is 0 Å². The Morgan fingerprint density at radius 2 is 0.882 bits per heavy atom. The average molecular weight is 305 g/mol. The van der Waals surface area contributed by atoms with Gasteiger partial charge in [0.2, 0.25) is 0 Å². The van der Waals surface area contributed by atoms with Gasteiger partial charge in [0.05, 0.1) is 0 Å². The summed E-state index contributed by atoms with van der Waals surface area (Å²) in [6.45, 7) is 24.9. The molecule has 0 aromatic rings. The Morgan fingerprint density at radius 1 is 0.647 bits per heavy atom. The Bertz CT molecular complexity index is 209. The van der Waals surface area contributed by atoms with E-state index in [1.165, 1.54) is 0 Å². The van der Waals surface area contributed by atoms with Crippen LogP contribution in [0.2, 0.25) is 82.5 Å². The lowest BCUT2D eigenvalue weighted by Crippen LogP contribution is -2.55. The molecule has 0 aromatic carbocycles. The van der Waals surface area contributed by atoms with E-state index in [0.29, 0.717) is 0 Å². The second kappa shape index (κ2) is 5.47. The fourth-order valence-corrected chi connectivity index (χ4v) is 37.2. The third-order valence-corrected chi connectivity index (χ3v) is 26.8. The quantitative estimate of drug-likeness (QED) is 0.574. The Hall–Kier alpha value is 0.868. The first-order valence-electron chi connectivity index (χ1n) is 7.12. The summed E-state index contributed by atoms with van der Waals surface area (Å²) in [5.74, 6) is 0. The van der Waals surface area contributed by atoms with Crippen LogP contribution < -0.4 is 0 Å². The zero-order valence-electron chi connectivity index (χ0n) is 14.1. The predicted octanol–water partition coefficient (Wildman–Crippen LogP) is 5.70. The summed E-state index contributed by atoms with van der Waals surface area (Å²) in [7, 11) is -2.51. The van der Waals surface area contributed by atoms with Crippen LogP contribution in [0.3, 0.4) is 0 Å². The maximum absolute atomic E-state index is 2.52. The van der Waals surface area contributed by atoms with Gasteiger partial charge in [0.25, 0.3) is 0 Å². The minimum Gasteiger partial charge on any atom is -0.0698 e. The molecule has 4 heteroatoms. The van der Waals surface area contributed by atoms with Crippen molar-refractivity contribution in [2.75, 3.05) is 0 Å². The first kappa shape index (κ1) is 17.9. The lowest BCUT2D eigenvalue weighted by atomic mass is 11.6. The van der Waals surface area contributed by atoms with Gasteiger partial charge in [0, 0.05) is 32.3 Å². The lowest BCUT2D eigenvalue weighted by molar-refractivity contribution is 1.34. The highest BCUT2D eigenvalue weighted by atomic mass is 28.5. The molecule has 1 aliphatic heterocycles. The minimum atomic E-state index is -0.731. The molecule has 104 valence electrons. The van der Waals surface area contributed by atoms with Crippen LogP contribution in [0.1, 0.15) is 0 Å². The van der Waals surface area contributed by atoms with Gasteiger partial charge in [-0.15, -0.1) is 0 Å². The van der Waals surface area contributed by atoms with Gasteiger partial charge in [-0.2, -0.15) is 0 Å². The molecule has 0 radical (unpaired) electrons. The minimum absolute atomic E-state index is 0.524. The Balaban J connectivity index is 0.000000302. The van der Waals surface area contributed by atoms with Gasteiger partial charge in [0.1, 0.15) is 0 Å². The van der Waals surface area contributed by atoms with E-state index in [4.69, 9.17) is 0 Å². The Kier molecular flexibility index (Phi) is 5.75. The summed E-state index contributed by atoms with van der Waals surface area (Å²) >= 11 is 0. The summed E-state index contributed by atoms with van der Waals surface area (Å²) in [6, 6.07) is 0. The van der Waals surface area contributed by atoms with Crippen LogP contribution in [0.25, 0.3) is 0 Å². The van der Waals surface area contributed by atoms with Crippen molar-refractivity contribution in [3.63, 3.8) is 0 Å². The van der Waals surface area contributed by atoms with Crippen molar-refractivity contribution in [3.8, 4) is 0 Å². The molecule has 1 aliphatic rings. The maximum Gasteiger partial charge on any atom is 0.0421 e. The van der Waals surface area contributed by atoms with Crippen LogP contribution in [0, 0.1) is 0 Å². The molecule has 0 saturated carbocycles. The van der Waals surface area contributed by atoms with E-state index in [1.54, 1.807) is 17.0 Å². The molecule has 1 fully saturated rings. The Morgan fingerprint density at radius 3 is 0.882 bits per heavy atom. The van der Waals surface area contributed by atoms with E-state index in [2.05, 4.69) is 65.5 Å². The van der Waals surface area contributed by atoms with Crippen molar-refractivity contribution in [2.45, 2.75) is 82.5 Å². The summed E-state index contributed by atoms with van der Waals surface area (Å²) in [5.41, 5.74) is 4.93. The molecular formula is C13H36Si4. The highest BCUT2D eigenvalue weighted by molar-refractivity contribution is 7.11. The van der Waals surface area contributed by atoms with Gasteiger partial charge in [-0.3, -0.25) is 0 Å². The molecule has 1 saturated heterocycles. The monoisotopic (exact) mass is 304 g/mol. The fraction of sp³-hybridized carbons (Fsp3) is 1.00. The molecule has 0 aromatic heterocycles. The van der Waals surface area contributed by atoms with Gasteiger partial charge < -0.3 is 0 Å². The summed E-state index contributed by atoms with van der Waals surface area (Å²) in [6.07, 6.45) is 0. The van der Waals surface area contributed by atoms with E-state index >= 15 is 0 Å². The van der Waals surface area contributed by atoms with Gasteiger partial charge in [0.15, 0.2) is 0 Å². The smallest absolute Gasteiger partial charge is 0.0421 e. The molecule has 0 bridgehead atoms. The molecule has 0 N–H and O–H groups in total. The van der Waals surface area contributed by atoms with Crippen molar-refractivity contribution >= 4 is 32.3 Å². The van der Waals surface area contributed by atoms with E-state index in [1.807, 2.05) is 0 Å². The molecule has 1 heterocycles. The van der Waals surface area contributed by atoms with E-state index in [0.717, 1.165) is 0 Å². The van der Waals surface area contributed by atoms with Crippen molar-refractivity contribution in [3.05, 3.63) is 0 Å². The number of rotatable bonds is 2. The Labute approximate surface area is 115 Å². The second-order valence-electron chi connectivity index (χ2n) is 9.98. The van der Waals surface area contributed by atoms with Crippen molar-refractivity contribution in [1.29, 1.82) is 0 Å². The normalized spacial score (nSPS) is 22.2. The molecule has 0 spiro atoms. The molecular weight excluding hydrogens is 268 g/mol. The van der Waals surface area contributed by atoms with Crippen molar-refractivity contribution in [2.24, 2.45) is 0 Å². The van der Waals surface area contributed by atoms with E-state index in [-0.39, 0.29) is 0 Å². The molecule has 0 unspecified atom stereocenters. The zero-order valence-corrected chi connectivity index (χ0v) is 18.1. The van der Waals surface area contributed by atoms with Gasteiger partial charge in [-0.05, 0) is 0 Å². The van der Waals surface area contributed by atoms with Crippen LogP contribution in [-0.2, 0) is 0 Å². The predicted molar refractivity (Wildman–Crippen MR) is 96.1 cm³/mol. The zero-order chi connectivity index (χ0) is 14.1. The van der Waals surface area contributed by atoms with Crippen molar-refractivity contribution in [1.82, 2.24) is 0 Å². The molecule has 17 heavy (non-hydrogen) atoms. The van der Waals surface area contributed by atoms with Gasteiger partial charge in [-0.25, -0.2) is 0 Å². The first-order valence-corrected chi connectivity index (χ1v) is 21.4. The van der Waals surface area contributed by atoms with Crippen molar-refractivity contribution < 1.29 is 0 Å². The average Bonchev–Trinajstić information content (AvgIpc) is 1.68. The summed E-state index contributed by atoms with van der Waals surface area (Å²) < 4.78 is 0. The van der Waals surface area contributed by atoms with Crippen LogP contribution in [0.5, 0.6) is 0 Å². The summed E-state index contributed by atoms with van der Waals surface area (Å²) in [5, 5.41) is 0. The number of hydrogen-bond donors (Lipinski definition) is 0. The number of hydrogen-bond acceptors (Lipinski definition) is 0. The SMILES string of the molecule is C[Si](C)(C)C[Si](C)(C)C.C[Si]1(C)C[Si](C)(C)C1. The largest absolute Gasteiger partial charge is 0.0698 e. The van der Waals surface area contributed by atoms with Gasteiger partial charge in [-0.1, -0.05) is 82.5 Å². The fourth-order valence-electron chi connectivity index (χ4n) is 4.13. The highest BCUT2D eigenvalue weighted by Gasteiger charge is 2.44. The second-order valence-corrected chi connectivity index (χ2v) is 33.1. The molecule has 0 atom stereocenters. The lowest BCUT2D eigenvalue weighted by Gasteiger charge is -2.46. The molecule has 0 aliphatic carbocycles. The van der Waals surface area contributed by atoms with Crippen LogP contribution in [0.4, 0.5) is 0 Å². The maximum atomic E-state index is 2.52. The van der Waals surface area contributed by atoms with Gasteiger partial charge >= 0.3 is 0 Å². The molecule has 0 nitrogen and oxygen atoms in total. The van der Waals surface area contributed by atoms with E-state index < -0.39 is 32.3 Å². The molecule has 1 rings (SSSR count). The van der Waals surface area contributed by atoms with E-state index in [9.17, 15) is 0 Å². The standard InChI is InChI=1S/C7H20Si2.C6H16Si2/c1-8(2,3)7-9(4,5)6;1-7(2)5-8(3,4)6-7/h7H2,1-6H3;5-6H2,1-4H3.